The Morgan fingerprint density at radius 3 is 2.52 bits per heavy atom. The summed E-state index contributed by atoms with van der Waals surface area (Å²) in [4.78, 5) is 36.4. The maximum Gasteiger partial charge on any atom is 0.348 e. The van der Waals surface area contributed by atoms with Crippen LogP contribution in [0.15, 0.2) is 42.5 Å². The molecule has 1 amide bonds. The van der Waals surface area contributed by atoms with Gasteiger partial charge < -0.3 is 14.8 Å². The summed E-state index contributed by atoms with van der Waals surface area (Å²) in [5, 5.41) is 11.2. The highest BCUT2D eigenvalue weighted by Crippen LogP contribution is 2.34. The lowest BCUT2D eigenvalue weighted by Crippen LogP contribution is -2.11. The van der Waals surface area contributed by atoms with Crippen molar-refractivity contribution in [1.29, 1.82) is 5.26 Å². The Balaban J connectivity index is 1.78. The van der Waals surface area contributed by atoms with E-state index in [1.165, 1.54) is 36.4 Å². The molecule has 0 aliphatic rings. The van der Waals surface area contributed by atoms with Crippen molar-refractivity contribution in [3.8, 4) is 6.07 Å². The Hall–Kier alpha value is -3.77. The van der Waals surface area contributed by atoms with E-state index in [1.54, 1.807) is 19.1 Å². The number of amides is 1. The topological polar surface area (TPSA) is 105 Å². The van der Waals surface area contributed by atoms with E-state index in [9.17, 15) is 18.8 Å². The average molecular weight is 440 g/mol. The SMILES string of the molecule is CCOC(=O)c1sc2cccc(F)c2c1COC(=O)c1ccc(NC(=O)CC#N)cc1. The summed E-state index contributed by atoms with van der Waals surface area (Å²) in [6, 6.07) is 12.1. The van der Waals surface area contributed by atoms with E-state index in [1.807, 2.05) is 0 Å². The number of hydrogen-bond acceptors (Lipinski definition) is 7. The third kappa shape index (κ3) is 5.05. The minimum absolute atomic E-state index is 0.159. The largest absolute Gasteiger partial charge is 0.462 e. The quantitative estimate of drug-likeness (QED) is 0.545. The van der Waals surface area contributed by atoms with Gasteiger partial charge in [0.1, 0.15) is 23.7 Å². The number of nitrogens with one attached hydrogen (secondary N) is 1. The third-order valence-electron chi connectivity index (χ3n) is 4.22. The van der Waals surface area contributed by atoms with E-state index in [2.05, 4.69) is 5.32 Å². The number of anilines is 1. The molecule has 0 saturated heterocycles. The predicted molar refractivity (Wildman–Crippen MR) is 112 cm³/mol. The van der Waals surface area contributed by atoms with E-state index < -0.39 is 23.7 Å². The van der Waals surface area contributed by atoms with Crippen LogP contribution in [0.4, 0.5) is 10.1 Å². The number of carbonyl (C=O) groups excluding carboxylic acids is 3. The number of fused-ring (bicyclic) bond motifs is 1. The fraction of sp³-hybridized carbons (Fsp3) is 0.182. The average Bonchev–Trinajstić information content (AvgIpc) is 3.13. The van der Waals surface area contributed by atoms with Gasteiger partial charge in [-0.3, -0.25) is 4.79 Å². The molecule has 3 rings (SSSR count). The maximum absolute atomic E-state index is 14.4. The number of benzene rings is 2. The molecule has 3 aromatic rings. The second-order valence-corrected chi connectivity index (χ2v) is 7.33. The lowest BCUT2D eigenvalue weighted by Gasteiger charge is -2.08. The number of hydrogen-bond donors (Lipinski definition) is 1. The molecule has 1 N–H and O–H groups in total. The first-order valence-electron chi connectivity index (χ1n) is 9.25. The van der Waals surface area contributed by atoms with Crippen molar-refractivity contribution in [3.05, 3.63) is 64.3 Å². The molecular weight excluding hydrogens is 423 g/mol. The zero-order chi connectivity index (χ0) is 22.4. The normalized spacial score (nSPS) is 10.4. The summed E-state index contributed by atoms with van der Waals surface area (Å²) in [5.74, 6) is -2.27. The molecule has 0 fully saturated rings. The Morgan fingerprint density at radius 1 is 1.10 bits per heavy atom. The second kappa shape index (κ2) is 9.82. The van der Waals surface area contributed by atoms with Crippen LogP contribution in [0, 0.1) is 17.1 Å². The van der Waals surface area contributed by atoms with Crippen LogP contribution < -0.4 is 5.32 Å². The van der Waals surface area contributed by atoms with Gasteiger partial charge in [-0.25, -0.2) is 14.0 Å². The Kier molecular flexibility index (Phi) is 6.95. The highest BCUT2D eigenvalue weighted by Gasteiger charge is 2.23. The molecule has 0 bridgehead atoms. The van der Waals surface area contributed by atoms with Gasteiger partial charge in [0.15, 0.2) is 0 Å². The van der Waals surface area contributed by atoms with Gasteiger partial charge in [-0.05, 0) is 43.3 Å². The van der Waals surface area contributed by atoms with Crippen molar-refractivity contribution in [2.24, 2.45) is 0 Å². The van der Waals surface area contributed by atoms with Crippen LogP contribution >= 0.6 is 11.3 Å². The predicted octanol–water partition coefficient (Wildman–Crippen LogP) is 4.43. The number of halogens is 1. The van der Waals surface area contributed by atoms with Gasteiger partial charge >= 0.3 is 11.9 Å². The summed E-state index contributed by atoms with van der Waals surface area (Å²) in [5.41, 5.74) is 0.883. The van der Waals surface area contributed by atoms with Gasteiger partial charge in [-0.2, -0.15) is 5.26 Å². The number of carbonyl (C=O) groups is 3. The molecule has 0 atom stereocenters. The minimum atomic E-state index is -0.680. The highest BCUT2D eigenvalue weighted by atomic mass is 32.1. The molecular formula is C22H17FN2O5S. The standard InChI is InChI=1S/C22H17FN2O5S/c1-2-29-22(28)20-15(19-16(23)4-3-5-17(19)31-20)12-30-21(27)13-6-8-14(9-7-13)25-18(26)10-11-24/h3-9H,2,10,12H2,1H3,(H,25,26). The first-order chi connectivity index (χ1) is 14.9. The molecule has 7 nitrogen and oxygen atoms in total. The number of esters is 2. The first kappa shape index (κ1) is 21.9. The van der Waals surface area contributed by atoms with Crippen LogP contribution in [-0.4, -0.2) is 24.5 Å². The van der Waals surface area contributed by atoms with Gasteiger partial charge in [0.05, 0.1) is 18.2 Å². The van der Waals surface area contributed by atoms with Crippen LogP contribution in [0.2, 0.25) is 0 Å². The molecule has 0 aliphatic carbocycles. The molecule has 0 aliphatic heterocycles. The first-order valence-corrected chi connectivity index (χ1v) is 10.1. The zero-order valence-corrected chi connectivity index (χ0v) is 17.3. The molecule has 0 saturated carbocycles. The Morgan fingerprint density at radius 2 is 1.84 bits per heavy atom. The number of nitriles is 1. The molecule has 0 spiro atoms. The molecule has 158 valence electrons. The van der Waals surface area contributed by atoms with Crippen LogP contribution in [0.25, 0.3) is 10.1 Å². The third-order valence-corrected chi connectivity index (χ3v) is 5.39. The Labute approximate surface area is 181 Å². The van der Waals surface area contributed by atoms with Crippen molar-refractivity contribution in [2.45, 2.75) is 20.0 Å². The van der Waals surface area contributed by atoms with Crippen molar-refractivity contribution >= 4 is 45.0 Å². The fourth-order valence-corrected chi connectivity index (χ4v) is 3.97. The van der Waals surface area contributed by atoms with Crippen molar-refractivity contribution in [1.82, 2.24) is 0 Å². The molecule has 1 heterocycles. The molecule has 2 aromatic carbocycles. The molecule has 1 aromatic heterocycles. The van der Waals surface area contributed by atoms with Crippen molar-refractivity contribution < 1.29 is 28.2 Å². The van der Waals surface area contributed by atoms with E-state index in [0.29, 0.717) is 10.4 Å². The van der Waals surface area contributed by atoms with Crippen molar-refractivity contribution in [2.75, 3.05) is 11.9 Å². The number of thiophene rings is 1. The maximum atomic E-state index is 14.4. The van der Waals surface area contributed by atoms with Crippen LogP contribution in [-0.2, 0) is 20.9 Å². The summed E-state index contributed by atoms with van der Waals surface area (Å²) in [6.45, 7) is 1.51. The second-order valence-electron chi connectivity index (χ2n) is 6.28. The number of rotatable bonds is 7. The van der Waals surface area contributed by atoms with Crippen molar-refractivity contribution in [3.63, 3.8) is 0 Å². The summed E-state index contributed by atoms with van der Waals surface area (Å²) in [7, 11) is 0. The lowest BCUT2D eigenvalue weighted by molar-refractivity contribution is -0.115. The Bertz CT molecular complexity index is 1180. The van der Waals surface area contributed by atoms with E-state index >= 15 is 0 Å². The van der Waals surface area contributed by atoms with Gasteiger partial charge in [0, 0.05) is 21.3 Å². The summed E-state index contributed by atoms with van der Waals surface area (Å²) >= 11 is 1.08. The zero-order valence-electron chi connectivity index (χ0n) is 16.4. The number of ether oxygens (including phenoxy) is 2. The monoisotopic (exact) mass is 440 g/mol. The van der Waals surface area contributed by atoms with Gasteiger partial charge in [-0.1, -0.05) is 6.07 Å². The van der Waals surface area contributed by atoms with Crippen LogP contribution in [0.1, 0.15) is 38.9 Å². The smallest absolute Gasteiger partial charge is 0.348 e. The number of nitrogens with zero attached hydrogens (tertiary/aromatic N) is 1. The molecule has 9 heteroatoms. The highest BCUT2D eigenvalue weighted by molar-refractivity contribution is 7.21. The van der Waals surface area contributed by atoms with E-state index in [4.69, 9.17) is 14.7 Å². The molecule has 0 radical (unpaired) electrons. The van der Waals surface area contributed by atoms with Gasteiger partial charge in [-0.15, -0.1) is 11.3 Å². The fourth-order valence-electron chi connectivity index (χ4n) is 2.85. The van der Waals surface area contributed by atoms with Gasteiger partial charge in [0.25, 0.3) is 0 Å². The molecule has 0 unspecified atom stereocenters. The van der Waals surface area contributed by atoms with Crippen LogP contribution in [0.5, 0.6) is 0 Å². The van der Waals surface area contributed by atoms with E-state index in [0.717, 1.165) is 11.3 Å². The minimum Gasteiger partial charge on any atom is -0.462 e. The van der Waals surface area contributed by atoms with Crippen LogP contribution in [0.3, 0.4) is 0 Å². The summed E-state index contributed by atoms with van der Waals surface area (Å²) < 4.78 is 25.3. The van der Waals surface area contributed by atoms with E-state index in [-0.39, 0.29) is 41.0 Å². The summed E-state index contributed by atoms with van der Waals surface area (Å²) in [6.07, 6.45) is -0.280. The molecule has 31 heavy (non-hydrogen) atoms. The lowest BCUT2D eigenvalue weighted by atomic mass is 10.1. The van der Waals surface area contributed by atoms with Gasteiger partial charge in [0.2, 0.25) is 5.91 Å².